The first-order valence-corrected chi connectivity index (χ1v) is 8.25. The molecule has 0 radical (unpaired) electrons. The minimum absolute atomic E-state index is 0.618. The molecule has 1 N–H and O–H groups in total. The first-order chi connectivity index (χ1) is 9.70. The standard InChI is InChI=1S/C18H30N2/c1-4-13-20(15(2)3)14-17-8-6-5-7-16(17)11-12-19-18-9-10-18/h5-8,15,18-19H,4,9-14H2,1-3H3. The number of nitrogens with one attached hydrogen (secondary N) is 1. The van der Waals surface area contributed by atoms with E-state index in [1.54, 1.807) is 0 Å². The lowest BCUT2D eigenvalue weighted by Crippen LogP contribution is -2.31. The summed E-state index contributed by atoms with van der Waals surface area (Å²) in [6, 6.07) is 10.4. The van der Waals surface area contributed by atoms with Gasteiger partial charge >= 0.3 is 0 Å². The molecule has 0 aliphatic heterocycles. The van der Waals surface area contributed by atoms with E-state index in [0.29, 0.717) is 6.04 Å². The van der Waals surface area contributed by atoms with Crippen LogP contribution in [-0.4, -0.2) is 30.1 Å². The zero-order chi connectivity index (χ0) is 14.4. The lowest BCUT2D eigenvalue weighted by molar-refractivity contribution is 0.212. The van der Waals surface area contributed by atoms with Crippen molar-refractivity contribution in [3.63, 3.8) is 0 Å². The van der Waals surface area contributed by atoms with Crippen LogP contribution < -0.4 is 5.32 Å². The van der Waals surface area contributed by atoms with Gasteiger partial charge in [0.05, 0.1) is 0 Å². The molecule has 2 nitrogen and oxygen atoms in total. The van der Waals surface area contributed by atoms with Crippen LogP contribution in [0.3, 0.4) is 0 Å². The predicted octanol–water partition coefficient (Wildman–Crippen LogP) is 3.60. The molecule has 2 heteroatoms. The summed E-state index contributed by atoms with van der Waals surface area (Å²) in [5, 5.41) is 3.62. The van der Waals surface area contributed by atoms with Crippen molar-refractivity contribution in [2.24, 2.45) is 0 Å². The van der Waals surface area contributed by atoms with Crippen LogP contribution in [0.4, 0.5) is 0 Å². The normalized spacial score (nSPS) is 15.2. The van der Waals surface area contributed by atoms with E-state index in [9.17, 15) is 0 Å². The molecule has 1 aromatic rings. The number of hydrogen-bond acceptors (Lipinski definition) is 2. The number of rotatable bonds is 9. The molecule has 112 valence electrons. The van der Waals surface area contributed by atoms with Crippen molar-refractivity contribution in [3.8, 4) is 0 Å². The van der Waals surface area contributed by atoms with Gasteiger partial charge in [0.25, 0.3) is 0 Å². The molecule has 0 amide bonds. The predicted molar refractivity (Wildman–Crippen MR) is 87.0 cm³/mol. The molecule has 2 rings (SSSR count). The van der Waals surface area contributed by atoms with Gasteiger partial charge in [-0.15, -0.1) is 0 Å². The van der Waals surface area contributed by atoms with Crippen LogP contribution >= 0.6 is 0 Å². The lowest BCUT2D eigenvalue weighted by atomic mass is 10.0. The van der Waals surface area contributed by atoms with Gasteiger partial charge in [-0.1, -0.05) is 31.2 Å². The first kappa shape index (κ1) is 15.5. The van der Waals surface area contributed by atoms with Gasteiger partial charge in [-0.2, -0.15) is 0 Å². The molecule has 0 spiro atoms. The Morgan fingerprint density at radius 3 is 2.50 bits per heavy atom. The van der Waals surface area contributed by atoms with Crippen molar-refractivity contribution >= 4 is 0 Å². The summed E-state index contributed by atoms with van der Waals surface area (Å²) in [5.41, 5.74) is 3.02. The van der Waals surface area contributed by atoms with Crippen molar-refractivity contribution in [1.82, 2.24) is 10.2 Å². The summed E-state index contributed by atoms with van der Waals surface area (Å²) in [6.45, 7) is 10.3. The van der Waals surface area contributed by atoms with E-state index >= 15 is 0 Å². The van der Waals surface area contributed by atoms with Gasteiger partial charge in [-0.25, -0.2) is 0 Å². The molecule has 1 saturated carbocycles. The highest BCUT2D eigenvalue weighted by Crippen LogP contribution is 2.19. The third kappa shape index (κ3) is 4.92. The zero-order valence-corrected chi connectivity index (χ0v) is 13.4. The van der Waals surface area contributed by atoms with Gasteiger partial charge in [0.2, 0.25) is 0 Å². The Balaban J connectivity index is 1.94. The van der Waals surface area contributed by atoms with Crippen LogP contribution in [0, 0.1) is 0 Å². The molecular weight excluding hydrogens is 244 g/mol. The molecule has 0 heterocycles. The highest BCUT2D eigenvalue weighted by molar-refractivity contribution is 5.27. The molecular formula is C18H30N2. The molecule has 0 atom stereocenters. The quantitative estimate of drug-likeness (QED) is 0.740. The van der Waals surface area contributed by atoms with Crippen molar-refractivity contribution < 1.29 is 0 Å². The second-order valence-corrected chi connectivity index (χ2v) is 6.31. The third-order valence-corrected chi connectivity index (χ3v) is 4.14. The van der Waals surface area contributed by atoms with E-state index in [0.717, 1.165) is 25.6 Å². The van der Waals surface area contributed by atoms with Crippen LogP contribution in [0.15, 0.2) is 24.3 Å². The molecule has 1 aliphatic rings. The molecule has 1 aliphatic carbocycles. The molecule has 0 bridgehead atoms. The van der Waals surface area contributed by atoms with Crippen molar-refractivity contribution in [2.45, 2.75) is 65.1 Å². The smallest absolute Gasteiger partial charge is 0.0239 e. The van der Waals surface area contributed by atoms with E-state index in [1.165, 1.54) is 36.9 Å². The Morgan fingerprint density at radius 2 is 1.90 bits per heavy atom. The molecule has 0 aromatic heterocycles. The second kappa shape index (κ2) is 7.80. The summed E-state index contributed by atoms with van der Waals surface area (Å²) in [5.74, 6) is 0. The average molecular weight is 274 g/mol. The van der Waals surface area contributed by atoms with Crippen molar-refractivity contribution in [1.29, 1.82) is 0 Å². The Labute approximate surface area is 124 Å². The van der Waals surface area contributed by atoms with Gasteiger partial charge in [0.15, 0.2) is 0 Å². The Hall–Kier alpha value is -0.860. The van der Waals surface area contributed by atoms with Gasteiger partial charge in [-0.3, -0.25) is 4.90 Å². The summed E-state index contributed by atoms with van der Waals surface area (Å²) in [6.07, 6.45) is 5.13. The fourth-order valence-corrected chi connectivity index (χ4v) is 2.68. The Kier molecular flexibility index (Phi) is 6.06. The Morgan fingerprint density at radius 1 is 1.20 bits per heavy atom. The summed E-state index contributed by atoms with van der Waals surface area (Å²) >= 11 is 0. The van der Waals surface area contributed by atoms with Gasteiger partial charge in [0, 0.05) is 18.6 Å². The number of benzene rings is 1. The first-order valence-electron chi connectivity index (χ1n) is 8.25. The highest BCUT2D eigenvalue weighted by atomic mass is 15.1. The van der Waals surface area contributed by atoms with Crippen LogP contribution in [0.25, 0.3) is 0 Å². The largest absolute Gasteiger partial charge is 0.314 e. The zero-order valence-electron chi connectivity index (χ0n) is 13.4. The van der Waals surface area contributed by atoms with E-state index in [4.69, 9.17) is 0 Å². The maximum absolute atomic E-state index is 3.62. The van der Waals surface area contributed by atoms with Gasteiger partial charge in [0.1, 0.15) is 0 Å². The number of hydrogen-bond donors (Lipinski definition) is 1. The Bertz CT molecular complexity index is 396. The van der Waals surface area contributed by atoms with Crippen LogP contribution in [0.1, 0.15) is 51.2 Å². The second-order valence-electron chi connectivity index (χ2n) is 6.31. The fraction of sp³-hybridized carbons (Fsp3) is 0.667. The van der Waals surface area contributed by atoms with E-state index in [2.05, 4.69) is 55.3 Å². The molecule has 20 heavy (non-hydrogen) atoms. The SMILES string of the molecule is CCCN(Cc1ccccc1CCNC1CC1)C(C)C. The van der Waals surface area contributed by atoms with Crippen LogP contribution in [0.2, 0.25) is 0 Å². The van der Waals surface area contributed by atoms with Crippen LogP contribution in [0.5, 0.6) is 0 Å². The maximum atomic E-state index is 3.62. The molecule has 0 saturated heterocycles. The minimum atomic E-state index is 0.618. The number of nitrogens with zero attached hydrogens (tertiary/aromatic N) is 1. The van der Waals surface area contributed by atoms with Crippen LogP contribution in [-0.2, 0) is 13.0 Å². The fourth-order valence-electron chi connectivity index (χ4n) is 2.68. The van der Waals surface area contributed by atoms with Gasteiger partial charge in [-0.05, 0) is 63.7 Å². The van der Waals surface area contributed by atoms with E-state index in [-0.39, 0.29) is 0 Å². The topological polar surface area (TPSA) is 15.3 Å². The van der Waals surface area contributed by atoms with E-state index < -0.39 is 0 Å². The van der Waals surface area contributed by atoms with Crippen molar-refractivity contribution in [3.05, 3.63) is 35.4 Å². The summed E-state index contributed by atoms with van der Waals surface area (Å²) < 4.78 is 0. The van der Waals surface area contributed by atoms with E-state index in [1.807, 2.05) is 0 Å². The molecule has 1 fully saturated rings. The average Bonchev–Trinajstić information content (AvgIpc) is 3.24. The summed E-state index contributed by atoms with van der Waals surface area (Å²) in [4.78, 5) is 2.58. The highest BCUT2D eigenvalue weighted by Gasteiger charge is 2.19. The lowest BCUT2D eigenvalue weighted by Gasteiger charge is -2.27. The summed E-state index contributed by atoms with van der Waals surface area (Å²) in [7, 11) is 0. The maximum Gasteiger partial charge on any atom is 0.0239 e. The minimum Gasteiger partial charge on any atom is -0.314 e. The van der Waals surface area contributed by atoms with Crippen molar-refractivity contribution in [2.75, 3.05) is 13.1 Å². The molecule has 1 aromatic carbocycles. The van der Waals surface area contributed by atoms with Gasteiger partial charge < -0.3 is 5.32 Å². The third-order valence-electron chi connectivity index (χ3n) is 4.14. The molecule has 0 unspecified atom stereocenters. The monoisotopic (exact) mass is 274 g/mol.